The Morgan fingerprint density at radius 3 is 2.33 bits per heavy atom. The van der Waals surface area contributed by atoms with Crippen LogP contribution >= 0.6 is 11.8 Å². The van der Waals surface area contributed by atoms with Gasteiger partial charge < -0.3 is 9.47 Å². The largest absolute Gasteiger partial charge is 0.402 e. The van der Waals surface area contributed by atoms with Gasteiger partial charge in [-0.25, -0.2) is 13.2 Å². The van der Waals surface area contributed by atoms with Gasteiger partial charge in [0.1, 0.15) is 0 Å². The maximum Gasteiger partial charge on any atom is 0.344 e. The Morgan fingerprint density at radius 1 is 1.00 bits per heavy atom. The van der Waals surface area contributed by atoms with Gasteiger partial charge in [0, 0.05) is 19.2 Å². The number of aromatic nitrogens is 2. The van der Waals surface area contributed by atoms with Gasteiger partial charge in [-0.05, 0) is 49.4 Å². The van der Waals surface area contributed by atoms with Crippen molar-refractivity contribution in [1.82, 2.24) is 14.1 Å². The zero-order chi connectivity index (χ0) is 28.3. The fraction of sp³-hybridized carbons (Fsp3) is 0.185. The molecule has 1 aliphatic rings. The van der Waals surface area contributed by atoms with E-state index in [0.717, 1.165) is 11.8 Å². The molecule has 206 valence electrons. The monoisotopic (exact) mass is 580 g/mol. The van der Waals surface area contributed by atoms with E-state index in [1.165, 1.54) is 39.3 Å². The van der Waals surface area contributed by atoms with E-state index in [0.29, 0.717) is 34.4 Å². The number of nitro benzene ring substituents is 1. The van der Waals surface area contributed by atoms with Crippen molar-refractivity contribution in [2.75, 3.05) is 26.3 Å². The highest BCUT2D eigenvalue weighted by molar-refractivity contribution is 7.99. The van der Waals surface area contributed by atoms with Crippen molar-refractivity contribution in [3.8, 4) is 11.6 Å². The second-order valence-electron chi connectivity index (χ2n) is 8.72. The number of carbonyl (C=O) groups excluding carboxylic acids is 1. The van der Waals surface area contributed by atoms with E-state index in [2.05, 4.69) is 5.10 Å². The molecule has 4 aromatic rings. The lowest BCUT2D eigenvalue weighted by Gasteiger charge is -2.26. The number of benzene rings is 3. The molecule has 5 rings (SSSR count). The van der Waals surface area contributed by atoms with Crippen LogP contribution in [0.5, 0.6) is 5.88 Å². The number of esters is 1. The quantitative estimate of drug-likeness (QED) is 0.168. The third kappa shape index (κ3) is 5.63. The Balaban J connectivity index is 1.48. The molecule has 13 heteroatoms. The van der Waals surface area contributed by atoms with E-state index in [1.807, 2.05) is 6.07 Å². The summed E-state index contributed by atoms with van der Waals surface area (Å²) in [5, 5.41) is 16.2. The number of nitrogens with zero attached hydrogens (tertiary/aromatic N) is 4. The normalized spacial score (nSPS) is 14.1. The Bertz CT molecular complexity index is 1650. The van der Waals surface area contributed by atoms with Crippen LogP contribution in [0.1, 0.15) is 16.1 Å². The molecule has 0 N–H and O–H groups in total. The lowest BCUT2D eigenvalue weighted by atomic mass is 10.2. The SMILES string of the molecule is Cc1nn(-c2ccccc2)c(OC(=O)c2ccc(S(=O)(=O)N3CCOCC3)cc2)c1Sc1ccccc1[N+](=O)[O-]. The minimum atomic E-state index is -3.73. The summed E-state index contributed by atoms with van der Waals surface area (Å²) in [5.41, 5.74) is 1.16. The molecule has 1 aromatic heterocycles. The molecule has 0 radical (unpaired) electrons. The predicted molar refractivity (Wildman–Crippen MR) is 146 cm³/mol. The van der Waals surface area contributed by atoms with Crippen molar-refractivity contribution in [2.24, 2.45) is 0 Å². The fourth-order valence-electron chi connectivity index (χ4n) is 4.09. The summed E-state index contributed by atoms with van der Waals surface area (Å²) < 4.78 is 39.8. The Kier molecular flexibility index (Phi) is 7.98. The second-order valence-corrected chi connectivity index (χ2v) is 11.7. The molecule has 1 fully saturated rings. The van der Waals surface area contributed by atoms with Crippen LogP contribution in [0.3, 0.4) is 0 Å². The first kappa shape index (κ1) is 27.5. The zero-order valence-electron chi connectivity index (χ0n) is 21.3. The van der Waals surface area contributed by atoms with Crippen molar-refractivity contribution in [2.45, 2.75) is 21.6 Å². The maximum atomic E-state index is 13.3. The van der Waals surface area contributed by atoms with E-state index in [4.69, 9.17) is 9.47 Å². The first-order chi connectivity index (χ1) is 19.3. The summed E-state index contributed by atoms with van der Waals surface area (Å²) >= 11 is 1.07. The number of sulfonamides is 1. The Morgan fingerprint density at radius 2 is 1.65 bits per heavy atom. The van der Waals surface area contributed by atoms with Gasteiger partial charge in [0.2, 0.25) is 15.9 Å². The number of rotatable bonds is 8. The van der Waals surface area contributed by atoms with Crippen LogP contribution < -0.4 is 4.74 Å². The molecular weight excluding hydrogens is 556 g/mol. The topological polar surface area (TPSA) is 134 Å². The molecule has 40 heavy (non-hydrogen) atoms. The zero-order valence-corrected chi connectivity index (χ0v) is 22.9. The van der Waals surface area contributed by atoms with E-state index < -0.39 is 20.9 Å². The average molecular weight is 581 g/mol. The highest BCUT2D eigenvalue weighted by Crippen LogP contribution is 2.42. The molecule has 0 saturated carbocycles. The standard InChI is InChI=1S/C27H24N4O7S2/c1-19-25(39-24-10-6-5-9-23(24)31(33)34)26(30(28-19)21-7-3-2-4-8-21)38-27(32)20-11-13-22(14-12-20)40(35,36)29-15-17-37-18-16-29/h2-14H,15-18H2,1H3. The van der Waals surface area contributed by atoms with E-state index in [-0.39, 0.29) is 35.1 Å². The fourth-order valence-corrected chi connectivity index (χ4v) is 6.52. The van der Waals surface area contributed by atoms with Crippen LogP contribution in [-0.4, -0.2) is 59.7 Å². The molecule has 0 bridgehead atoms. The number of aryl methyl sites for hydroxylation is 1. The lowest BCUT2D eigenvalue weighted by Crippen LogP contribution is -2.40. The number of nitro groups is 1. The second kappa shape index (κ2) is 11.6. The molecule has 0 aliphatic carbocycles. The van der Waals surface area contributed by atoms with Crippen LogP contribution in [0.2, 0.25) is 0 Å². The number of para-hydroxylation sites is 2. The Hall–Kier alpha value is -4.04. The maximum absolute atomic E-state index is 13.3. The number of morpholine rings is 1. The smallest absolute Gasteiger partial charge is 0.344 e. The first-order valence-electron chi connectivity index (χ1n) is 12.2. The highest BCUT2D eigenvalue weighted by Gasteiger charge is 2.28. The molecule has 0 spiro atoms. The minimum Gasteiger partial charge on any atom is -0.402 e. The number of carbonyl (C=O) groups is 1. The number of hydrogen-bond acceptors (Lipinski definition) is 9. The van der Waals surface area contributed by atoms with Crippen LogP contribution in [0.4, 0.5) is 5.69 Å². The van der Waals surface area contributed by atoms with Gasteiger partial charge >= 0.3 is 5.97 Å². The van der Waals surface area contributed by atoms with Crippen molar-refractivity contribution >= 4 is 33.4 Å². The van der Waals surface area contributed by atoms with Crippen LogP contribution in [0.15, 0.2) is 93.5 Å². The summed E-state index contributed by atoms with van der Waals surface area (Å²) in [7, 11) is -3.73. The predicted octanol–water partition coefficient (Wildman–Crippen LogP) is 4.48. The van der Waals surface area contributed by atoms with Crippen LogP contribution in [0, 0.1) is 17.0 Å². The number of hydrogen-bond donors (Lipinski definition) is 0. The van der Waals surface area contributed by atoms with Gasteiger partial charge in [0.15, 0.2) is 0 Å². The van der Waals surface area contributed by atoms with Crippen molar-refractivity contribution in [1.29, 1.82) is 0 Å². The summed E-state index contributed by atoms with van der Waals surface area (Å²) in [4.78, 5) is 25.3. The van der Waals surface area contributed by atoms with Gasteiger partial charge in [0.25, 0.3) is 5.69 Å². The summed E-state index contributed by atoms with van der Waals surface area (Å²) in [6.45, 7) is 2.89. The molecule has 3 aromatic carbocycles. The highest BCUT2D eigenvalue weighted by atomic mass is 32.2. The van der Waals surface area contributed by atoms with Gasteiger partial charge in [-0.15, -0.1) is 0 Å². The van der Waals surface area contributed by atoms with E-state index >= 15 is 0 Å². The molecule has 0 atom stereocenters. The van der Waals surface area contributed by atoms with Crippen molar-refractivity contribution in [3.05, 3.63) is 100 Å². The Labute approximate surface area is 234 Å². The molecule has 1 aliphatic heterocycles. The van der Waals surface area contributed by atoms with E-state index in [1.54, 1.807) is 49.4 Å². The molecule has 0 amide bonds. The van der Waals surface area contributed by atoms with Gasteiger partial charge in [0.05, 0.1) is 49.8 Å². The molecule has 11 nitrogen and oxygen atoms in total. The summed E-state index contributed by atoms with van der Waals surface area (Å²) in [6, 6.07) is 20.8. The molecule has 0 unspecified atom stereocenters. The average Bonchev–Trinajstić information content (AvgIpc) is 3.28. The van der Waals surface area contributed by atoms with Gasteiger partial charge in [-0.3, -0.25) is 10.1 Å². The van der Waals surface area contributed by atoms with Crippen molar-refractivity contribution in [3.63, 3.8) is 0 Å². The molecular formula is C27H24N4O7S2. The van der Waals surface area contributed by atoms with Crippen LogP contribution in [0.25, 0.3) is 5.69 Å². The van der Waals surface area contributed by atoms with E-state index in [9.17, 15) is 23.3 Å². The third-order valence-electron chi connectivity index (χ3n) is 6.13. The summed E-state index contributed by atoms with van der Waals surface area (Å²) in [5.74, 6) is -0.654. The van der Waals surface area contributed by atoms with Gasteiger partial charge in [-0.1, -0.05) is 42.1 Å². The summed E-state index contributed by atoms with van der Waals surface area (Å²) in [6.07, 6.45) is 0. The molecule has 2 heterocycles. The number of ether oxygens (including phenoxy) is 2. The molecule has 1 saturated heterocycles. The third-order valence-corrected chi connectivity index (χ3v) is 9.28. The van der Waals surface area contributed by atoms with Crippen molar-refractivity contribution < 1.29 is 27.6 Å². The minimum absolute atomic E-state index is 0.0590. The lowest BCUT2D eigenvalue weighted by molar-refractivity contribution is -0.387. The van der Waals surface area contributed by atoms with Crippen LogP contribution in [-0.2, 0) is 14.8 Å². The van der Waals surface area contributed by atoms with Gasteiger partial charge in [-0.2, -0.15) is 14.1 Å². The first-order valence-corrected chi connectivity index (χ1v) is 14.5.